The van der Waals surface area contributed by atoms with Gasteiger partial charge >= 0.3 is 0 Å². The van der Waals surface area contributed by atoms with Crippen molar-refractivity contribution in [2.45, 2.75) is 44.8 Å². The second-order valence-corrected chi connectivity index (χ2v) is 7.36. The Bertz CT molecular complexity index is 596. The smallest absolute Gasteiger partial charge is 0.224 e. The van der Waals surface area contributed by atoms with Gasteiger partial charge in [-0.1, -0.05) is 6.92 Å². The lowest BCUT2D eigenvalue weighted by atomic mass is 10.1. The summed E-state index contributed by atoms with van der Waals surface area (Å²) in [7, 11) is 0. The van der Waals surface area contributed by atoms with E-state index in [0.29, 0.717) is 24.4 Å². The maximum Gasteiger partial charge on any atom is 0.224 e. The second kappa shape index (κ2) is 7.48. The van der Waals surface area contributed by atoms with E-state index in [1.807, 2.05) is 0 Å². The van der Waals surface area contributed by atoms with E-state index < -0.39 is 0 Å². The molecule has 0 N–H and O–H groups in total. The quantitative estimate of drug-likeness (QED) is 0.777. The van der Waals surface area contributed by atoms with Crippen molar-refractivity contribution in [1.29, 1.82) is 0 Å². The van der Waals surface area contributed by atoms with Crippen LogP contribution in [0.25, 0.3) is 0 Å². The molecule has 6 heteroatoms. The minimum Gasteiger partial charge on any atom is -0.465 e. The predicted octanol–water partition coefficient (Wildman–Crippen LogP) is 1.35. The van der Waals surface area contributed by atoms with Crippen LogP contribution in [0.5, 0.6) is 0 Å². The fourth-order valence-corrected chi connectivity index (χ4v) is 4.47. The van der Waals surface area contributed by atoms with Crippen LogP contribution in [0, 0.1) is 0 Å². The van der Waals surface area contributed by atoms with Crippen molar-refractivity contribution in [3.05, 3.63) is 23.7 Å². The summed E-state index contributed by atoms with van der Waals surface area (Å²) in [5.74, 6) is 2.39. The van der Waals surface area contributed by atoms with Crippen molar-refractivity contribution in [1.82, 2.24) is 14.7 Å². The van der Waals surface area contributed by atoms with Crippen LogP contribution in [0.15, 0.2) is 16.5 Å². The molecule has 6 nitrogen and oxygen atoms in total. The van der Waals surface area contributed by atoms with Gasteiger partial charge in [0, 0.05) is 57.6 Å². The number of rotatable bonds is 6. The van der Waals surface area contributed by atoms with Crippen molar-refractivity contribution >= 4 is 5.91 Å². The van der Waals surface area contributed by atoms with Crippen LogP contribution in [0.4, 0.5) is 0 Å². The summed E-state index contributed by atoms with van der Waals surface area (Å²) in [5, 5.41) is 0. The Morgan fingerprint density at radius 2 is 1.88 bits per heavy atom. The normalized spacial score (nSPS) is 28.0. The zero-order valence-electron chi connectivity index (χ0n) is 15.2. The van der Waals surface area contributed by atoms with Gasteiger partial charge in [0.2, 0.25) is 5.91 Å². The average molecular weight is 347 g/mol. The number of hydrogen-bond donors (Lipinski definition) is 0. The molecule has 0 saturated carbocycles. The zero-order valence-corrected chi connectivity index (χ0v) is 15.2. The number of hydrogen-bond acceptors (Lipinski definition) is 5. The third-order valence-corrected chi connectivity index (χ3v) is 5.92. The first-order valence-electron chi connectivity index (χ1n) is 9.66. The lowest BCUT2D eigenvalue weighted by molar-refractivity contribution is -0.129. The monoisotopic (exact) mass is 347 g/mol. The van der Waals surface area contributed by atoms with E-state index in [-0.39, 0.29) is 0 Å². The zero-order chi connectivity index (χ0) is 17.2. The molecule has 25 heavy (non-hydrogen) atoms. The number of nitrogens with zero attached hydrogens (tertiary/aromatic N) is 3. The fraction of sp³-hybridized carbons (Fsp3) is 0.737. The lowest BCUT2D eigenvalue weighted by Gasteiger charge is -2.30. The van der Waals surface area contributed by atoms with Crippen molar-refractivity contribution in [2.75, 3.05) is 45.9 Å². The molecule has 0 aliphatic carbocycles. The van der Waals surface area contributed by atoms with E-state index in [4.69, 9.17) is 9.15 Å². The lowest BCUT2D eigenvalue weighted by Crippen LogP contribution is -2.44. The third kappa shape index (κ3) is 3.61. The van der Waals surface area contributed by atoms with Gasteiger partial charge in [-0.05, 0) is 18.6 Å². The molecule has 1 amide bonds. The van der Waals surface area contributed by atoms with Gasteiger partial charge in [0.25, 0.3) is 0 Å². The molecule has 1 aromatic heterocycles. The van der Waals surface area contributed by atoms with Gasteiger partial charge in [0.05, 0.1) is 19.8 Å². The predicted molar refractivity (Wildman–Crippen MR) is 94.3 cm³/mol. The molecule has 3 aliphatic rings. The minimum absolute atomic E-state index is 0.321. The topological polar surface area (TPSA) is 49.2 Å². The number of furan rings is 1. The van der Waals surface area contributed by atoms with Crippen LogP contribution in [0.1, 0.15) is 31.3 Å². The highest BCUT2D eigenvalue weighted by Gasteiger charge is 2.46. The molecule has 3 fully saturated rings. The number of amides is 1. The van der Waals surface area contributed by atoms with Crippen LogP contribution < -0.4 is 0 Å². The standard InChI is InChI=1S/C19H29N3O3/c1-2-15-3-4-16(25-15)14-21-6-5-17-18(21)13-19(23)22(17)8-7-20-9-11-24-12-10-20/h3-4,17-18H,2,5-14H2,1H3/t17-,18+/m1/s1. The molecule has 2 atom stereocenters. The molecular formula is C19H29N3O3. The minimum atomic E-state index is 0.321. The van der Waals surface area contributed by atoms with Gasteiger partial charge in [-0.2, -0.15) is 0 Å². The Labute approximate surface area is 149 Å². The van der Waals surface area contributed by atoms with E-state index >= 15 is 0 Å². The van der Waals surface area contributed by atoms with Gasteiger partial charge in [0.1, 0.15) is 11.5 Å². The van der Waals surface area contributed by atoms with Crippen LogP contribution in [0.3, 0.4) is 0 Å². The van der Waals surface area contributed by atoms with Crippen molar-refractivity contribution < 1.29 is 13.9 Å². The number of likely N-dealkylation sites (tertiary alicyclic amines) is 2. The molecule has 0 bridgehead atoms. The highest BCUT2D eigenvalue weighted by atomic mass is 16.5. The third-order valence-electron chi connectivity index (χ3n) is 5.92. The van der Waals surface area contributed by atoms with Gasteiger partial charge in [-0.15, -0.1) is 0 Å². The second-order valence-electron chi connectivity index (χ2n) is 7.36. The average Bonchev–Trinajstić information content (AvgIpc) is 3.31. The molecule has 0 spiro atoms. The molecule has 0 aromatic carbocycles. The molecule has 138 valence electrons. The first-order chi connectivity index (χ1) is 12.2. The number of fused-ring (bicyclic) bond motifs is 1. The van der Waals surface area contributed by atoms with E-state index in [1.54, 1.807) is 0 Å². The Balaban J connectivity index is 1.33. The molecule has 0 radical (unpaired) electrons. The Morgan fingerprint density at radius 1 is 1.08 bits per heavy atom. The summed E-state index contributed by atoms with van der Waals surface area (Å²) in [6.45, 7) is 9.42. The highest BCUT2D eigenvalue weighted by Crippen LogP contribution is 2.33. The first kappa shape index (κ1) is 17.1. The summed E-state index contributed by atoms with van der Waals surface area (Å²) in [5.41, 5.74) is 0. The summed E-state index contributed by atoms with van der Waals surface area (Å²) >= 11 is 0. The van der Waals surface area contributed by atoms with E-state index in [1.165, 1.54) is 0 Å². The van der Waals surface area contributed by atoms with Crippen molar-refractivity contribution in [3.8, 4) is 0 Å². The van der Waals surface area contributed by atoms with Crippen LogP contribution in [-0.4, -0.2) is 78.6 Å². The maximum absolute atomic E-state index is 12.5. The number of carbonyl (C=O) groups is 1. The molecule has 3 aliphatic heterocycles. The molecule has 4 rings (SSSR count). The van der Waals surface area contributed by atoms with Gasteiger partial charge in [0.15, 0.2) is 0 Å². The van der Waals surface area contributed by atoms with Crippen LogP contribution in [0.2, 0.25) is 0 Å². The van der Waals surface area contributed by atoms with E-state index in [0.717, 1.165) is 76.8 Å². The number of aryl methyl sites for hydroxylation is 1. The van der Waals surface area contributed by atoms with Crippen LogP contribution >= 0.6 is 0 Å². The summed E-state index contributed by atoms with van der Waals surface area (Å²) < 4.78 is 11.3. The number of carbonyl (C=O) groups excluding carboxylic acids is 1. The Kier molecular flexibility index (Phi) is 5.10. The van der Waals surface area contributed by atoms with Gasteiger partial charge in [-0.3, -0.25) is 14.6 Å². The van der Waals surface area contributed by atoms with Gasteiger partial charge in [-0.25, -0.2) is 0 Å². The van der Waals surface area contributed by atoms with Crippen molar-refractivity contribution in [2.24, 2.45) is 0 Å². The molecule has 1 aromatic rings. The molecule has 4 heterocycles. The van der Waals surface area contributed by atoms with Crippen molar-refractivity contribution in [3.63, 3.8) is 0 Å². The van der Waals surface area contributed by atoms with E-state index in [2.05, 4.69) is 33.8 Å². The summed E-state index contributed by atoms with van der Waals surface area (Å²) in [6.07, 6.45) is 2.68. The largest absolute Gasteiger partial charge is 0.465 e. The summed E-state index contributed by atoms with van der Waals surface area (Å²) in [6, 6.07) is 4.89. The SMILES string of the molecule is CCc1ccc(CN2CC[C@@H]3[C@@H]2CC(=O)N3CCN2CCOCC2)o1. The first-order valence-corrected chi connectivity index (χ1v) is 9.66. The molecule has 3 saturated heterocycles. The molecule has 0 unspecified atom stereocenters. The Morgan fingerprint density at radius 3 is 2.64 bits per heavy atom. The summed E-state index contributed by atoms with van der Waals surface area (Å²) in [4.78, 5) is 19.5. The molecular weight excluding hydrogens is 318 g/mol. The number of morpholine rings is 1. The maximum atomic E-state index is 12.5. The van der Waals surface area contributed by atoms with Crippen LogP contribution in [-0.2, 0) is 22.5 Å². The fourth-order valence-electron chi connectivity index (χ4n) is 4.47. The number of ether oxygens (including phenoxy) is 1. The Hall–Kier alpha value is -1.37. The van der Waals surface area contributed by atoms with Gasteiger partial charge < -0.3 is 14.1 Å². The highest BCUT2D eigenvalue weighted by molar-refractivity contribution is 5.80. The van der Waals surface area contributed by atoms with E-state index in [9.17, 15) is 4.79 Å².